The number of aliphatic imine (C=N–C) groups is 1. The molecular formula is C12H13ClN2. The third-order valence-electron chi connectivity index (χ3n) is 3.43. The summed E-state index contributed by atoms with van der Waals surface area (Å²) in [5.74, 6) is 0. The number of hydrogen-bond acceptors (Lipinski definition) is 2. The van der Waals surface area contributed by atoms with E-state index in [1.807, 2.05) is 12.4 Å². The van der Waals surface area contributed by atoms with Gasteiger partial charge in [0.1, 0.15) is 0 Å². The molecule has 0 amide bonds. The van der Waals surface area contributed by atoms with E-state index in [-0.39, 0.29) is 5.54 Å². The number of fused-ring (bicyclic) bond motifs is 1. The lowest BCUT2D eigenvalue weighted by Gasteiger charge is -2.34. The second-order valence-electron chi connectivity index (χ2n) is 4.48. The van der Waals surface area contributed by atoms with Crippen molar-refractivity contribution in [2.75, 3.05) is 6.54 Å². The molecule has 1 aromatic rings. The highest BCUT2D eigenvalue weighted by Gasteiger charge is 2.35. The van der Waals surface area contributed by atoms with Gasteiger partial charge in [-0.25, -0.2) is 0 Å². The lowest BCUT2D eigenvalue weighted by Crippen LogP contribution is -2.47. The maximum absolute atomic E-state index is 6.02. The Labute approximate surface area is 94.4 Å². The van der Waals surface area contributed by atoms with Crippen molar-refractivity contribution in [1.29, 1.82) is 0 Å². The number of nitrogens with zero attached hydrogens (tertiary/aromatic N) is 1. The Bertz CT molecular complexity index is 418. The second kappa shape index (κ2) is 3.24. The van der Waals surface area contributed by atoms with Crippen LogP contribution >= 0.6 is 11.6 Å². The molecule has 1 heterocycles. The van der Waals surface area contributed by atoms with Gasteiger partial charge >= 0.3 is 0 Å². The van der Waals surface area contributed by atoms with E-state index in [0.29, 0.717) is 0 Å². The first kappa shape index (κ1) is 9.22. The fourth-order valence-corrected chi connectivity index (χ4v) is 2.73. The van der Waals surface area contributed by atoms with Crippen molar-refractivity contribution in [3.63, 3.8) is 0 Å². The Morgan fingerprint density at radius 2 is 2.27 bits per heavy atom. The Kier molecular flexibility index (Phi) is 1.99. The van der Waals surface area contributed by atoms with Crippen LogP contribution in [0.4, 0.5) is 0 Å². The Balaban J connectivity index is 1.95. The molecule has 1 atom stereocenters. The number of aryl methyl sites for hydroxylation is 1. The van der Waals surface area contributed by atoms with E-state index in [2.05, 4.69) is 22.4 Å². The van der Waals surface area contributed by atoms with Gasteiger partial charge in [-0.2, -0.15) is 0 Å². The van der Waals surface area contributed by atoms with Gasteiger partial charge in [-0.05, 0) is 42.5 Å². The molecule has 0 aromatic heterocycles. The summed E-state index contributed by atoms with van der Waals surface area (Å²) in [7, 11) is 0. The summed E-state index contributed by atoms with van der Waals surface area (Å²) in [4.78, 5) is 4.29. The highest BCUT2D eigenvalue weighted by Crippen LogP contribution is 2.31. The topological polar surface area (TPSA) is 24.4 Å². The minimum absolute atomic E-state index is 0.178. The van der Waals surface area contributed by atoms with Crippen LogP contribution in [0.1, 0.15) is 17.5 Å². The van der Waals surface area contributed by atoms with Crippen LogP contribution in [0, 0.1) is 0 Å². The van der Waals surface area contributed by atoms with E-state index in [1.54, 1.807) is 0 Å². The molecule has 2 aliphatic rings. The molecule has 1 N–H and O–H groups in total. The van der Waals surface area contributed by atoms with Crippen LogP contribution in [0.3, 0.4) is 0 Å². The molecule has 0 bridgehead atoms. The highest BCUT2D eigenvalue weighted by atomic mass is 35.5. The van der Waals surface area contributed by atoms with Crippen LogP contribution in [-0.4, -0.2) is 18.4 Å². The molecule has 15 heavy (non-hydrogen) atoms. The van der Waals surface area contributed by atoms with Crippen molar-refractivity contribution in [1.82, 2.24) is 5.32 Å². The molecule has 0 radical (unpaired) electrons. The number of nitrogens with one attached hydrogen (secondary N) is 1. The van der Waals surface area contributed by atoms with Crippen LogP contribution < -0.4 is 5.32 Å². The molecule has 1 aliphatic heterocycles. The summed E-state index contributed by atoms with van der Waals surface area (Å²) in [6.07, 6.45) is 5.18. The monoisotopic (exact) mass is 220 g/mol. The van der Waals surface area contributed by atoms with Gasteiger partial charge in [-0.15, -0.1) is 0 Å². The van der Waals surface area contributed by atoms with Crippen molar-refractivity contribution < 1.29 is 0 Å². The van der Waals surface area contributed by atoms with E-state index in [0.717, 1.165) is 24.4 Å². The first-order chi connectivity index (χ1) is 7.27. The molecule has 1 spiro atoms. The van der Waals surface area contributed by atoms with Crippen LogP contribution in [0.25, 0.3) is 0 Å². The predicted octanol–water partition coefficient (Wildman–Crippen LogP) is 2.20. The van der Waals surface area contributed by atoms with E-state index in [1.165, 1.54) is 17.5 Å². The lowest BCUT2D eigenvalue weighted by atomic mass is 9.78. The first-order valence-electron chi connectivity index (χ1n) is 5.31. The van der Waals surface area contributed by atoms with Gasteiger partial charge in [-0.1, -0.05) is 17.7 Å². The molecule has 3 rings (SSSR count). The quantitative estimate of drug-likeness (QED) is 0.712. The van der Waals surface area contributed by atoms with Crippen LogP contribution in [0.15, 0.2) is 23.2 Å². The largest absolute Gasteiger partial charge is 0.369 e. The summed E-state index contributed by atoms with van der Waals surface area (Å²) < 4.78 is 0. The van der Waals surface area contributed by atoms with Gasteiger partial charge in [0.25, 0.3) is 0 Å². The summed E-state index contributed by atoms with van der Waals surface area (Å²) in [6.45, 7) is 0.902. The van der Waals surface area contributed by atoms with Gasteiger partial charge in [0.05, 0.1) is 18.4 Å². The zero-order valence-electron chi connectivity index (χ0n) is 8.46. The summed E-state index contributed by atoms with van der Waals surface area (Å²) in [5, 5.41) is 4.24. The number of benzene rings is 1. The van der Waals surface area contributed by atoms with Gasteiger partial charge in [0, 0.05) is 5.02 Å². The van der Waals surface area contributed by atoms with Crippen molar-refractivity contribution in [2.45, 2.75) is 24.8 Å². The molecule has 78 valence electrons. The third kappa shape index (κ3) is 1.53. The van der Waals surface area contributed by atoms with Crippen LogP contribution in [0.5, 0.6) is 0 Å². The highest BCUT2D eigenvalue weighted by molar-refractivity contribution is 6.30. The van der Waals surface area contributed by atoms with Crippen LogP contribution in [-0.2, 0) is 12.8 Å². The average Bonchev–Trinajstić information content (AvgIpc) is 2.66. The van der Waals surface area contributed by atoms with E-state index >= 15 is 0 Å². The molecule has 3 heteroatoms. The summed E-state index contributed by atoms with van der Waals surface area (Å²) in [6, 6.07) is 6.23. The molecule has 0 saturated heterocycles. The van der Waals surface area contributed by atoms with Crippen LogP contribution in [0.2, 0.25) is 5.02 Å². The molecule has 0 saturated carbocycles. The summed E-state index contributed by atoms with van der Waals surface area (Å²) >= 11 is 6.02. The van der Waals surface area contributed by atoms with E-state index in [9.17, 15) is 0 Å². The molecular weight excluding hydrogens is 208 g/mol. The van der Waals surface area contributed by atoms with Gasteiger partial charge in [0.2, 0.25) is 0 Å². The normalized spacial score (nSPS) is 27.8. The molecule has 1 aliphatic carbocycles. The lowest BCUT2D eigenvalue weighted by molar-refractivity contribution is 0.363. The standard InChI is InChI=1S/C12H13ClN2/c13-11-2-1-9-3-4-12(6-10(9)5-11)7-14-8-15-12/h1-2,5,8H,3-4,6-7H2,(H,14,15). The molecule has 1 aromatic carbocycles. The zero-order chi connectivity index (χ0) is 10.3. The number of halogens is 1. The van der Waals surface area contributed by atoms with Crippen molar-refractivity contribution in [2.24, 2.45) is 4.99 Å². The van der Waals surface area contributed by atoms with Crippen molar-refractivity contribution in [3.05, 3.63) is 34.3 Å². The van der Waals surface area contributed by atoms with Gasteiger partial charge < -0.3 is 5.32 Å². The fourth-order valence-electron chi connectivity index (χ4n) is 2.54. The maximum atomic E-state index is 6.02. The molecule has 0 fully saturated rings. The summed E-state index contributed by atoms with van der Waals surface area (Å²) in [5.41, 5.74) is 3.00. The minimum atomic E-state index is 0.178. The molecule has 2 nitrogen and oxygen atoms in total. The Morgan fingerprint density at radius 3 is 3.07 bits per heavy atom. The third-order valence-corrected chi connectivity index (χ3v) is 3.66. The Morgan fingerprint density at radius 1 is 1.33 bits per heavy atom. The average molecular weight is 221 g/mol. The van der Waals surface area contributed by atoms with Crippen molar-refractivity contribution in [3.8, 4) is 0 Å². The predicted molar refractivity (Wildman–Crippen MR) is 62.7 cm³/mol. The SMILES string of the molecule is Clc1ccc2c(c1)CC1(CC2)CN=CN1. The zero-order valence-corrected chi connectivity index (χ0v) is 9.22. The minimum Gasteiger partial charge on any atom is -0.369 e. The van der Waals surface area contributed by atoms with Gasteiger partial charge in [0.15, 0.2) is 0 Å². The molecule has 1 unspecified atom stereocenters. The number of hydrogen-bond donors (Lipinski definition) is 1. The Hall–Kier alpha value is -1.02. The van der Waals surface area contributed by atoms with E-state index in [4.69, 9.17) is 11.6 Å². The van der Waals surface area contributed by atoms with E-state index < -0.39 is 0 Å². The fraction of sp³-hybridized carbons (Fsp3) is 0.417. The second-order valence-corrected chi connectivity index (χ2v) is 4.92. The first-order valence-corrected chi connectivity index (χ1v) is 5.69. The smallest absolute Gasteiger partial charge is 0.0829 e. The number of rotatable bonds is 0. The van der Waals surface area contributed by atoms with Gasteiger partial charge in [-0.3, -0.25) is 4.99 Å². The maximum Gasteiger partial charge on any atom is 0.0829 e. The van der Waals surface area contributed by atoms with Crippen molar-refractivity contribution >= 4 is 17.9 Å².